The zero-order valence-electron chi connectivity index (χ0n) is 5.42. The fraction of sp³-hybridized carbons (Fsp3) is 0.571. The fourth-order valence-electron chi connectivity index (χ4n) is 0.977. The Hall–Kier alpha value is -0.970. The highest BCUT2D eigenvalue weighted by Gasteiger charge is 2.26. The molecule has 0 aromatic carbocycles. The summed E-state index contributed by atoms with van der Waals surface area (Å²) in [7, 11) is 1.78. The highest BCUT2D eigenvalue weighted by Crippen LogP contribution is 2.13. The van der Waals surface area contributed by atoms with Crippen molar-refractivity contribution >= 4 is 5.91 Å². The van der Waals surface area contributed by atoms with Crippen LogP contribution in [0.2, 0.25) is 0 Å². The van der Waals surface area contributed by atoms with Crippen LogP contribution in [0.25, 0.3) is 0 Å². The molecule has 0 saturated carbocycles. The van der Waals surface area contributed by atoms with Gasteiger partial charge in [0.1, 0.15) is 5.92 Å². The molecule has 1 rings (SSSR count). The average molecular weight is 123 g/mol. The maximum atomic E-state index is 10.9. The lowest BCUT2D eigenvalue weighted by molar-refractivity contribution is -0.128. The van der Waals surface area contributed by atoms with E-state index in [2.05, 4.69) is 5.92 Å². The zero-order chi connectivity index (χ0) is 6.85. The summed E-state index contributed by atoms with van der Waals surface area (Å²) in [4.78, 5) is 12.6. The van der Waals surface area contributed by atoms with Gasteiger partial charge >= 0.3 is 0 Å². The molecule has 1 aliphatic heterocycles. The number of nitrogens with zero attached hydrogens (tertiary/aromatic N) is 1. The van der Waals surface area contributed by atoms with Gasteiger partial charge in [0.2, 0.25) is 5.91 Å². The average Bonchev–Trinajstić information content (AvgIpc) is 2.15. The zero-order valence-corrected chi connectivity index (χ0v) is 5.42. The minimum atomic E-state index is -0.144. The van der Waals surface area contributed by atoms with Crippen LogP contribution < -0.4 is 0 Å². The van der Waals surface area contributed by atoms with Crippen LogP contribution in [0.1, 0.15) is 6.42 Å². The van der Waals surface area contributed by atoms with Crippen molar-refractivity contribution in [2.24, 2.45) is 5.92 Å². The Kier molecular flexibility index (Phi) is 1.44. The van der Waals surface area contributed by atoms with Gasteiger partial charge in [-0.15, -0.1) is 6.42 Å². The minimum Gasteiger partial charge on any atom is -0.345 e. The lowest BCUT2D eigenvalue weighted by atomic mass is 10.1. The van der Waals surface area contributed by atoms with Crippen LogP contribution >= 0.6 is 0 Å². The Morgan fingerprint density at radius 2 is 2.56 bits per heavy atom. The molecule has 0 N–H and O–H groups in total. The van der Waals surface area contributed by atoms with Crippen molar-refractivity contribution in [3.05, 3.63) is 0 Å². The van der Waals surface area contributed by atoms with Crippen molar-refractivity contribution in [1.82, 2.24) is 4.90 Å². The van der Waals surface area contributed by atoms with E-state index >= 15 is 0 Å². The topological polar surface area (TPSA) is 20.3 Å². The summed E-state index contributed by atoms with van der Waals surface area (Å²) < 4.78 is 0. The van der Waals surface area contributed by atoms with E-state index in [1.165, 1.54) is 0 Å². The van der Waals surface area contributed by atoms with Gasteiger partial charge in [0.25, 0.3) is 0 Å². The first-order chi connectivity index (χ1) is 4.25. The number of terminal acetylenes is 1. The highest BCUT2D eigenvalue weighted by atomic mass is 16.2. The summed E-state index contributed by atoms with van der Waals surface area (Å²) in [5, 5.41) is 0. The van der Waals surface area contributed by atoms with Gasteiger partial charge in [0.05, 0.1) is 0 Å². The standard InChI is InChI=1S/C7H9NO/c1-3-6-4-5-8(2)7(6)9/h1,6H,4-5H2,2H3. The van der Waals surface area contributed by atoms with E-state index in [4.69, 9.17) is 6.42 Å². The Labute approximate surface area is 54.8 Å². The Morgan fingerprint density at radius 3 is 2.78 bits per heavy atom. The molecular formula is C7H9NO. The molecule has 1 aliphatic rings. The normalized spacial score (nSPS) is 26.4. The summed E-state index contributed by atoms with van der Waals surface area (Å²) in [6.45, 7) is 0.813. The first-order valence-electron chi connectivity index (χ1n) is 2.97. The van der Waals surface area contributed by atoms with E-state index in [-0.39, 0.29) is 11.8 Å². The quantitative estimate of drug-likeness (QED) is 0.418. The Morgan fingerprint density at radius 1 is 1.89 bits per heavy atom. The van der Waals surface area contributed by atoms with Crippen molar-refractivity contribution in [2.75, 3.05) is 13.6 Å². The summed E-state index contributed by atoms with van der Waals surface area (Å²) in [5.74, 6) is 2.40. The molecule has 2 heteroatoms. The molecule has 2 nitrogen and oxygen atoms in total. The van der Waals surface area contributed by atoms with E-state index in [1.807, 2.05) is 0 Å². The van der Waals surface area contributed by atoms with Crippen LogP contribution in [0, 0.1) is 18.3 Å². The van der Waals surface area contributed by atoms with Gasteiger partial charge in [-0.05, 0) is 6.42 Å². The third-order valence-corrected chi connectivity index (χ3v) is 1.63. The second-order valence-corrected chi connectivity index (χ2v) is 2.27. The van der Waals surface area contributed by atoms with Gasteiger partial charge < -0.3 is 4.90 Å². The highest BCUT2D eigenvalue weighted by molar-refractivity contribution is 5.83. The molecule has 0 bridgehead atoms. The maximum absolute atomic E-state index is 10.9. The lowest BCUT2D eigenvalue weighted by Gasteiger charge is -2.04. The van der Waals surface area contributed by atoms with Gasteiger partial charge in [0.15, 0.2) is 0 Å². The van der Waals surface area contributed by atoms with Crippen molar-refractivity contribution < 1.29 is 4.79 Å². The third-order valence-electron chi connectivity index (χ3n) is 1.63. The number of likely N-dealkylation sites (tertiary alicyclic amines) is 1. The SMILES string of the molecule is C#CC1CCN(C)C1=O. The van der Waals surface area contributed by atoms with E-state index in [1.54, 1.807) is 11.9 Å². The lowest BCUT2D eigenvalue weighted by Crippen LogP contribution is -2.21. The predicted octanol–water partition coefficient (Wildman–Crippen LogP) is 0.0979. The monoisotopic (exact) mass is 123 g/mol. The summed E-state index contributed by atoms with van der Waals surface area (Å²) in [5.41, 5.74) is 0. The summed E-state index contributed by atoms with van der Waals surface area (Å²) in [6.07, 6.45) is 5.91. The van der Waals surface area contributed by atoms with Crippen LogP contribution in [0.3, 0.4) is 0 Å². The Balaban J connectivity index is 2.65. The van der Waals surface area contributed by atoms with E-state index in [9.17, 15) is 4.79 Å². The number of hydrogen-bond donors (Lipinski definition) is 0. The van der Waals surface area contributed by atoms with Crippen molar-refractivity contribution in [3.63, 3.8) is 0 Å². The second-order valence-electron chi connectivity index (χ2n) is 2.27. The van der Waals surface area contributed by atoms with Crippen molar-refractivity contribution in [3.8, 4) is 12.3 Å². The van der Waals surface area contributed by atoms with Crippen LogP contribution in [0.4, 0.5) is 0 Å². The first kappa shape index (κ1) is 6.15. The Bertz CT molecular complexity index is 168. The molecule has 1 heterocycles. The molecule has 1 saturated heterocycles. The van der Waals surface area contributed by atoms with Crippen LogP contribution in [0.15, 0.2) is 0 Å². The van der Waals surface area contributed by atoms with Crippen molar-refractivity contribution in [1.29, 1.82) is 0 Å². The number of rotatable bonds is 0. The second kappa shape index (κ2) is 2.10. The number of hydrogen-bond acceptors (Lipinski definition) is 1. The van der Waals surface area contributed by atoms with Gasteiger partial charge in [-0.2, -0.15) is 0 Å². The number of amides is 1. The molecule has 48 valence electrons. The van der Waals surface area contributed by atoms with Gasteiger partial charge in [-0.1, -0.05) is 5.92 Å². The van der Waals surface area contributed by atoms with E-state index < -0.39 is 0 Å². The largest absolute Gasteiger partial charge is 0.345 e. The summed E-state index contributed by atoms with van der Waals surface area (Å²) >= 11 is 0. The van der Waals surface area contributed by atoms with Crippen molar-refractivity contribution in [2.45, 2.75) is 6.42 Å². The van der Waals surface area contributed by atoms with Crippen LogP contribution in [-0.4, -0.2) is 24.4 Å². The van der Waals surface area contributed by atoms with Crippen LogP contribution in [-0.2, 0) is 4.79 Å². The molecule has 1 atom stereocenters. The van der Waals surface area contributed by atoms with Gasteiger partial charge in [0, 0.05) is 13.6 Å². The first-order valence-corrected chi connectivity index (χ1v) is 2.97. The minimum absolute atomic E-state index is 0.0949. The number of carbonyl (C=O) groups excluding carboxylic acids is 1. The predicted molar refractivity (Wildman–Crippen MR) is 34.6 cm³/mol. The maximum Gasteiger partial charge on any atom is 0.237 e. The molecule has 0 radical (unpaired) electrons. The molecule has 0 aromatic rings. The molecule has 0 aromatic heterocycles. The third kappa shape index (κ3) is 0.904. The number of carbonyl (C=O) groups is 1. The molecule has 9 heavy (non-hydrogen) atoms. The van der Waals surface area contributed by atoms with Crippen LogP contribution in [0.5, 0.6) is 0 Å². The molecule has 1 fully saturated rings. The molecule has 1 amide bonds. The van der Waals surface area contributed by atoms with Gasteiger partial charge in [-0.3, -0.25) is 4.79 Å². The van der Waals surface area contributed by atoms with Gasteiger partial charge in [-0.25, -0.2) is 0 Å². The summed E-state index contributed by atoms with van der Waals surface area (Å²) in [6, 6.07) is 0. The fourth-order valence-corrected chi connectivity index (χ4v) is 0.977. The molecule has 1 unspecified atom stereocenters. The molecule has 0 aliphatic carbocycles. The van der Waals surface area contributed by atoms with E-state index in [0.717, 1.165) is 13.0 Å². The molecule has 0 spiro atoms. The molecular weight excluding hydrogens is 114 g/mol. The smallest absolute Gasteiger partial charge is 0.237 e. The van der Waals surface area contributed by atoms with E-state index in [0.29, 0.717) is 0 Å².